The zero-order chi connectivity index (χ0) is 20.6. The lowest BCUT2D eigenvalue weighted by Crippen LogP contribution is -2.44. The molecule has 154 valence electrons. The molecule has 0 unspecified atom stereocenters. The summed E-state index contributed by atoms with van der Waals surface area (Å²) in [5.74, 6) is -12.8. The predicted octanol–water partition coefficient (Wildman–Crippen LogP) is 3.98. The number of carbonyl (C=O) groups excluding carboxylic acids is 1. The molecule has 0 atom stereocenters. The van der Waals surface area contributed by atoms with Crippen molar-refractivity contribution in [2.45, 2.75) is 32.7 Å². The Morgan fingerprint density at radius 1 is 0.852 bits per heavy atom. The summed E-state index contributed by atoms with van der Waals surface area (Å²) in [6.07, 6.45) is 0.684. The fraction of sp³-hybridized carbons (Fsp3) is 0.562. The van der Waals surface area contributed by atoms with E-state index in [0.717, 1.165) is 0 Å². The van der Waals surface area contributed by atoms with Crippen LogP contribution in [0, 0.1) is 29.1 Å². The second-order valence-electron chi connectivity index (χ2n) is 5.29. The van der Waals surface area contributed by atoms with Crippen molar-refractivity contribution in [3.63, 3.8) is 0 Å². The lowest BCUT2D eigenvalue weighted by molar-refractivity contribution is 0.0481. The molecule has 0 heterocycles. The van der Waals surface area contributed by atoms with Crippen LogP contribution in [0.3, 0.4) is 0 Å². The average Bonchev–Trinajstić information content (AvgIpc) is 2.64. The lowest BCUT2D eigenvalue weighted by atomic mass is 10.1. The summed E-state index contributed by atoms with van der Waals surface area (Å²) >= 11 is 0. The zero-order valence-corrected chi connectivity index (χ0v) is 16.2. The van der Waals surface area contributed by atoms with Gasteiger partial charge in [-0.1, -0.05) is 0 Å². The van der Waals surface area contributed by atoms with Gasteiger partial charge in [-0.3, -0.25) is 0 Å². The number of benzene rings is 1. The Hall–Kier alpha value is -1.56. The van der Waals surface area contributed by atoms with Crippen molar-refractivity contribution in [1.29, 1.82) is 0 Å². The van der Waals surface area contributed by atoms with Gasteiger partial charge in [-0.15, -0.1) is 0 Å². The number of halogens is 5. The van der Waals surface area contributed by atoms with Crippen LogP contribution in [-0.2, 0) is 18.0 Å². The van der Waals surface area contributed by atoms with Crippen molar-refractivity contribution in [2.24, 2.45) is 0 Å². The standard InChI is InChI=1S/C16H21F5O5Si/c1-4-25-27(23-3,26-5-2)9-7-6-8-24-16(22)10-11(17)13(19)15(21)14(20)12(10)18/h4-9H2,1-3H3. The number of hydrogen-bond donors (Lipinski definition) is 0. The molecule has 0 aliphatic carbocycles. The van der Waals surface area contributed by atoms with Crippen LogP contribution in [0.25, 0.3) is 0 Å². The van der Waals surface area contributed by atoms with Crippen molar-refractivity contribution < 1.29 is 44.8 Å². The number of unbranched alkanes of at least 4 members (excludes halogenated alkanes) is 1. The Balaban J connectivity index is 2.64. The second kappa shape index (κ2) is 10.7. The number of esters is 1. The summed E-state index contributed by atoms with van der Waals surface area (Å²) in [4.78, 5) is 11.7. The Bertz CT molecular complexity index is 624. The van der Waals surface area contributed by atoms with Crippen molar-refractivity contribution in [2.75, 3.05) is 26.9 Å². The molecule has 0 fully saturated rings. The molecule has 1 aromatic rings. The highest BCUT2D eigenvalue weighted by Crippen LogP contribution is 2.24. The third-order valence-corrected chi connectivity index (χ3v) is 6.61. The summed E-state index contributed by atoms with van der Waals surface area (Å²) in [5, 5.41) is 0. The molecule has 11 heteroatoms. The van der Waals surface area contributed by atoms with Crippen molar-refractivity contribution in [3.05, 3.63) is 34.6 Å². The maximum atomic E-state index is 13.5. The van der Waals surface area contributed by atoms with Gasteiger partial charge in [0.25, 0.3) is 0 Å². The highest BCUT2D eigenvalue weighted by Gasteiger charge is 2.38. The van der Waals surface area contributed by atoms with E-state index in [1.54, 1.807) is 13.8 Å². The monoisotopic (exact) mass is 416 g/mol. The topological polar surface area (TPSA) is 54.0 Å². The van der Waals surface area contributed by atoms with Gasteiger partial charge in [-0.05, 0) is 26.7 Å². The van der Waals surface area contributed by atoms with Crippen LogP contribution in [-0.4, -0.2) is 41.7 Å². The van der Waals surface area contributed by atoms with E-state index in [1.807, 2.05) is 0 Å². The molecule has 5 nitrogen and oxygen atoms in total. The summed E-state index contributed by atoms with van der Waals surface area (Å²) in [7, 11) is -1.39. The quantitative estimate of drug-likeness (QED) is 0.136. The predicted molar refractivity (Wildman–Crippen MR) is 86.6 cm³/mol. The minimum Gasteiger partial charge on any atom is -0.462 e. The molecule has 0 aromatic heterocycles. The first kappa shape index (κ1) is 23.5. The minimum atomic E-state index is -2.85. The average molecular weight is 416 g/mol. The van der Waals surface area contributed by atoms with Crippen LogP contribution in [0.4, 0.5) is 22.0 Å². The van der Waals surface area contributed by atoms with Crippen molar-refractivity contribution >= 4 is 14.8 Å². The molecule has 0 radical (unpaired) electrons. The molecule has 0 amide bonds. The summed E-state index contributed by atoms with van der Waals surface area (Å²) in [6, 6.07) is 0.408. The molecule has 0 N–H and O–H groups in total. The van der Waals surface area contributed by atoms with Crippen LogP contribution in [0.2, 0.25) is 6.04 Å². The van der Waals surface area contributed by atoms with Crippen LogP contribution < -0.4 is 0 Å². The Kier molecular flexibility index (Phi) is 9.29. The molecule has 0 bridgehead atoms. The van der Waals surface area contributed by atoms with Gasteiger partial charge < -0.3 is 18.0 Å². The molecule has 1 rings (SSSR count). The molecule has 0 aliphatic heterocycles. The Morgan fingerprint density at radius 3 is 1.78 bits per heavy atom. The highest BCUT2D eigenvalue weighted by atomic mass is 28.4. The molecule has 0 saturated carbocycles. The van der Waals surface area contributed by atoms with Gasteiger partial charge in [0.2, 0.25) is 5.82 Å². The van der Waals surface area contributed by atoms with Crippen LogP contribution in [0.1, 0.15) is 37.0 Å². The third kappa shape index (κ3) is 5.70. The Labute approximate surface area is 154 Å². The maximum absolute atomic E-state index is 13.5. The number of rotatable bonds is 11. The summed E-state index contributed by atoms with van der Waals surface area (Å²) in [5.41, 5.74) is -1.62. The molecular formula is C16H21F5O5Si. The van der Waals surface area contributed by atoms with Crippen molar-refractivity contribution in [1.82, 2.24) is 0 Å². The molecule has 1 aromatic carbocycles. The number of carbonyl (C=O) groups is 1. The molecule has 0 spiro atoms. The van der Waals surface area contributed by atoms with Crippen LogP contribution in [0.15, 0.2) is 0 Å². The summed E-state index contributed by atoms with van der Waals surface area (Å²) < 4.78 is 87.4. The fourth-order valence-corrected chi connectivity index (χ4v) is 4.68. The van der Waals surface area contributed by atoms with E-state index in [-0.39, 0.29) is 13.0 Å². The first-order valence-electron chi connectivity index (χ1n) is 8.26. The Morgan fingerprint density at radius 2 is 1.33 bits per heavy atom. The number of hydrogen-bond acceptors (Lipinski definition) is 5. The smallest absolute Gasteiger partial charge is 0.462 e. The van der Waals surface area contributed by atoms with E-state index in [2.05, 4.69) is 4.74 Å². The van der Waals surface area contributed by atoms with Crippen LogP contribution >= 0.6 is 0 Å². The largest absolute Gasteiger partial charge is 0.500 e. The van der Waals surface area contributed by atoms with Crippen LogP contribution in [0.5, 0.6) is 0 Å². The normalized spacial score (nSPS) is 11.7. The minimum absolute atomic E-state index is 0.249. The van der Waals surface area contributed by atoms with E-state index in [1.165, 1.54) is 7.11 Å². The van der Waals surface area contributed by atoms with E-state index < -0.39 is 49.4 Å². The maximum Gasteiger partial charge on any atom is 0.500 e. The van der Waals surface area contributed by atoms with E-state index >= 15 is 0 Å². The first-order chi connectivity index (χ1) is 12.7. The van der Waals surface area contributed by atoms with E-state index in [9.17, 15) is 26.7 Å². The zero-order valence-electron chi connectivity index (χ0n) is 15.2. The van der Waals surface area contributed by atoms with Crippen molar-refractivity contribution in [3.8, 4) is 0 Å². The second-order valence-corrected chi connectivity index (χ2v) is 8.14. The van der Waals surface area contributed by atoms with Gasteiger partial charge in [0.15, 0.2) is 23.3 Å². The first-order valence-corrected chi connectivity index (χ1v) is 10.2. The fourth-order valence-electron chi connectivity index (χ4n) is 2.31. The summed E-state index contributed by atoms with van der Waals surface area (Å²) in [6.45, 7) is 4.05. The molecular weight excluding hydrogens is 395 g/mol. The lowest BCUT2D eigenvalue weighted by Gasteiger charge is -2.27. The van der Waals surface area contributed by atoms with Gasteiger partial charge >= 0.3 is 14.8 Å². The number of ether oxygens (including phenoxy) is 1. The highest BCUT2D eigenvalue weighted by molar-refractivity contribution is 6.60. The van der Waals surface area contributed by atoms with Gasteiger partial charge in [0.1, 0.15) is 5.56 Å². The molecule has 0 saturated heterocycles. The van der Waals surface area contributed by atoms with Gasteiger partial charge in [0, 0.05) is 26.4 Å². The van der Waals surface area contributed by atoms with E-state index in [0.29, 0.717) is 25.7 Å². The molecule has 0 aliphatic rings. The third-order valence-electron chi connectivity index (χ3n) is 3.56. The van der Waals surface area contributed by atoms with Gasteiger partial charge in [0.05, 0.1) is 6.61 Å². The van der Waals surface area contributed by atoms with Gasteiger partial charge in [-0.25, -0.2) is 26.7 Å². The van der Waals surface area contributed by atoms with E-state index in [4.69, 9.17) is 13.3 Å². The SMILES string of the molecule is CCO[Si](CCCCOC(=O)c1c(F)c(F)c(F)c(F)c1F)(OC)OCC. The molecule has 27 heavy (non-hydrogen) atoms. The van der Waals surface area contributed by atoms with Gasteiger partial charge in [-0.2, -0.15) is 0 Å².